The number of Topliss-reactive ketones (excluding diaryl/α,β-unsaturated/α-hetero) is 1. The summed E-state index contributed by atoms with van der Waals surface area (Å²) in [6.07, 6.45) is -1.02. The molecule has 0 aliphatic carbocycles. The number of carbonyl (C=O) groups is 1. The summed E-state index contributed by atoms with van der Waals surface area (Å²) in [6, 6.07) is 40.1. The second-order valence-electron chi connectivity index (χ2n) is 13.5. The summed E-state index contributed by atoms with van der Waals surface area (Å²) in [5.74, 6) is -1.28. The van der Waals surface area contributed by atoms with E-state index in [2.05, 4.69) is 0 Å². The van der Waals surface area contributed by atoms with Gasteiger partial charge in [0.2, 0.25) is 0 Å². The van der Waals surface area contributed by atoms with E-state index in [-0.39, 0.29) is 11.7 Å². The van der Waals surface area contributed by atoms with Gasteiger partial charge >= 0.3 is 8.80 Å². The van der Waals surface area contributed by atoms with Gasteiger partial charge in [0.15, 0.2) is 17.7 Å². The number of hydrogen-bond acceptors (Lipinski definition) is 7. The number of ketones is 1. The van der Waals surface area contributed by atoms with Gasteiger partial charge in [0.05, 0.1) is 0 Å². The minimum atomic E-state index is -4.01. The Hall–Kier alpha value is -3.47. The normalized spacial score (nSPS) is 24.8. The molecule has 4 aromatic rings. The molecule has 7 nitrogen and oxygen atoms in total. The van der Waals surface area contributed by atoms with Crippen LogP contribution in [0, 0.1) is 5.92 Å². The van der Waals surface area contributed by atoms with E-state index < -0.39 is 44.1 Å². The van der Waals surface area contributed by atoms with E-state index in [4.69, 9.17) is 27.8 Å². The fourth-order valence-electron chi connectivity index (χ4n) is 7.10. The molecule has 0 saturated carbocycles. The van der Waals surface area contributed by atoms with Crippen LogP contribution in [0.25, 0.3) is 0 Å². The van der Waals surface area contributed by atoms with E-state index in [1.807, 2.05) is 162 Å². The van der Waals surface area contributed by atoms with E-state index in [0.717, 1.165) is 28.7 Å². The molecule has 0 radical (unpaired) electrons. The highest BCUT2D eigenvalue weighted by molar-refractivity contribution is 6.59. The number of rotatable bonds is 11. The Labute approximate surface area is 285 Å². The van der Waals surface area contributed by atoms with Crippen molar-refractivity contribution in [3.63, 3.8) is 0 Å². The van der Waals surface area contributed by atoms with Gasteiger partial charge < -0.3 is 18.3 Å². The second-order valence-corrected chi connectivity index (χ2v) is 15.8. The van der Waals surface area contributed by atoms with Crippen molar-refractivity contribution in [2.24, 2.45) is 5.92 Å². The number of fused-ring (bicyclic) bond motifs is 1. The van der Waals surface area contributed by atoms with Crippen LogP contribution in [0.15, 0.2) is 121 Å². The first-order valence-corrected chi connectivity index (χ1v) is 19.1. The molecule has 0 amide bonds. The Bertz CT molecular complexity index is 1460. The number of carbonyl (C=O) groups excluding carboxylic acids is 1. The van der Waals surface area contributed by atoms with E-state index in [1.165, 1.54) is 0 Å². The smallest absolute Gasteiger partial charge is 0.355 e. The van der Waals surface area contributed by atoms with Crippen LogP contribution in [0.4, 0.5) is 0 Å². The average Bonchev–Trinajstić information content (AvgIpc) is 3.40. The molecule has 2 saturated heterocycles. The SMILES string of the molecule is CCCC(OO[Si]1(C)OC(c2ccccc2)(c2ccccc2)C2OC(C)(C)OC2C(c2ccccc2)(c2ccccc2)O1)C(=O)C(C)C. The summed E-state index contributed by atoms with van der Waals surface area (Å²) in [5.41, 5.74) is 0.826. The van der Waals surface area contributed by atoms with Crippen LogP contribution in [-0.4, -0.2) is 38.7 Å². The van der Waals surface area contributed by atoms with Crippen molar-refractivity contribution in [3.8, 4) is 0 Å². The lowest BCUT2D eigenvalue weighted by Crippen LogP contribution is -2.54. The predicted molar refractivity (Wildman–Crippen MR) is 186 cm³/mol. The molecule has 0 aromatic heterocycles. The van der Waals surface area contributed by atoms with Gasteiger partial charge in [-0.05, 0) is 42.5 Å². The number of hydrogen-bond donors (Lipinski definition) is 0. The zero-order chi connectivity index (χ0) is 34.0. The molecule has 2 aliphatic heterocycles. The zero-order valence-corrected chi connectivity index (χ0v) is 29.6. The largest absolute Gasteiger partial charge is 0.528 e. The number of ether oxygens (including phenoxy) is 2. The Morgan fingerprint density at radius 3 is 1.35 bits per heavy atom. The van der Waals surface area contributed by atoms with Crippen molar-refractivity contribution >= 4 is 14.6 Å². The van der Waals surface area contributed by atoms with Crippen LogP contribution in [0.3, 0.4) is 0 Å². The van der Waals surface area contributed by atoms with Crippen molar-refractivity contribution in [2.75, 3.05) is 0 Å². The molecule has 3 unspecified atom stereocenters. The van der Waals surface area contributed by atoms with Crippen LogP contribution in [0.2, 0.25) is 6.55 Å². The molecule has 2 fully saturated rings. The molecule has 0 spiro atoms. The Kier molecular flexibility index (Phi) is 9.89. The molecular formula is C40H46O7Si. The minimum Gasteiger partial charge on any atom is -0.355 e. The molecule has 0 bridgehead atoms. The van der Waals surface area contributed by atoms with Crippen LogP contribution in [0.5, 0.6) is 0 Å². The highest BCUT2D eigenvalue weighted by Gasteiger charge is 2.70. The first kappa shape index (κ1) is 34.4. The lowest BCUT2D eigenvalue weighted by molar-refractivity contribution is -0.289. The van der Waals surface area contributed by atoms with E-state index >= 15 is 0 Å². The van der Waals surface area contributed by atoms with E-state index in [1.54, 1.807) is 0 Å². The highest BCUT2D eigenvalue weighted by Crippen LogP contribution is 2.57. The Morgan fingerprint density at radius 1 is 0.688 bits per heavy atom. The van der Waals surface area contributed by atoms with Crippen LogP contribution in [-0.2, 0) is 43.8 Å². The summed E-state index contributed by atoms with van der Waals surface area (Å²) in [5, 5.41) is 0. The predicted octanol–water partition coefficient (Wildman–Crippen LogP) is 8.35. The first-order valence-electron chi connectivity index (χ1n) is 16.9. The third-order valence-corrected chi connectivity index (χ3v) is 10.9. The topological polar surface area (TPSA) is 72.5 Å². The van der Waals surface area contributed by atoms with Gasteiger partial charge in [-0.15, -0.1) is 0 Å². The molecule has 2 aliphatic rings. The lowest BCUT2D eigenvalue weighted by Gasteiger charge is -2.42. The van der Waals surface area contributed by atoms with Crippen molar-refractivity contribution in [2.45, 2.75) is 89.3 Å². The molecule has 252 valence electrons. The molecule has 2 heterocycles. The van der Waals surface area contributed by atoms with Crippen molar-refractivity contribution < 1.29 is 32.6 Å². The quantitative estimate of drug-likeness (QED) is 0.0905. The molecule has 6 rings (SSSR count). The summed E-state index contributed by atoms with van der Waals surface area (Å²) in [7, 11) is -4.01. The lowest BCUT2D eigenvalue weighted by atomic mass is 9.72. The summed E-state index contributed by atoms with van der Waals surface area (Å²) in [6.45, 7) is 11.4. The Morgan fingerprint density at radius 2 is 1.04 bits per heavy atom. The maximum atomic E-state index is 13.3. The maximum Gasteiger partial charge on any atom is 0.528 e. The van der Waals surface area contributed by atoms with Crippen LogP contribution in [0.1, 0.15) is 69.7 Å². The van der Waals surface area contributed by atoms with Gasteiger partial charge in [-0.25, -0.2) is 9.46 Å². The number of benzene rings is 4. The van der Waals surface area contributed by atoms with Crippen molar-refractivity contribution in [1.82, 2.24) is 0 Å². The fourth-order valence-corrected chi connectivity index (χ4v) is 9.37. The molecule has 48 heavy (non-hydrogen) atoms. The molecule has 3 atom stereocenters. The summed E-state index contributed by atoms with van der Waals surface area (Å²) < 4.78 is 35.5. The molecule has 0 N–H and O–H groups in total. The third-order valence-electron chi connectivity index (χ3n) is 9.15. The summed E-state index contributed by atoms with van der Waals surface area (Å²) >= 11 is 0. The Balaban J connectivity index is 1.65. The van der Waals surface area contributed by atoms with E-state index in [9.17, 15) is 4.79 Å². The van der Waals surface area contributed by atoms with Crippen LogP contribution >= 0.6 is 0 Å². The molecular weight excluding hydrogens is 621 g/mol. The van der Waals surface area contributed by atoms with Gasteiger partial charge in [-0.1, -0.05) is 149 Å². The average molecular weight is 667 g/mol. The third kappa shape index (κ3) is 6.34. The van der Waals surface area contributed by atoms with Gasteiger partial charge in [-0.2, -0.15) is 0 Å². The van der Waals surface area contributed by atoms with Crippen LogP contribution < -0.4 is 0 Å². The van der Waals surface area contributed by atoms with Gasteiger partial charge in [0.25, 0.3) is 0 Å². The molecule has 4 aromatic carbocycles. The van der Waals surface area contributed by atoms with Crippen molar-refractivity contribution in [3.05, 3.63) is 144 Å². The van der Waals surface area contributed by atoms with Gasteiger partial charge in [0, 0.05) is 12.5 Å². The highest BCUT2D eigenvalue weighted by atomic mass is 28.4. The van der Waals surface area contributed by atoms with Crippen molar-refractivity contribution in [1.29, 1.82) is 0 Å². The zero-order valence-electron chi connectivity index (χ0n) is 28.6. The second kappa shape index (κ2) is 13.8. The summed E-state index contributed by atoms with van der Waals surface area (Å²) in [4.78, 5) is 19.5. The standard InChI is InChI=1S/C40H46O7Si/c1-7-20-34(35(41)29(2)3)44-47-48(6)45-39(30-21-12-8-13-22-30,31-23-14-9-15-24-31)36-37(43-38(4,5)42-36)40(46-48,32-25-16-10-17-26-32)33-27-18-11-19-28-33/h8-19,21-29,34,36-37H,7,20H2,1-6H3. The first-order chi connectivity index (χ1) is 23.0. The van der Waals surface area contributed by atoms with Gasteiger partial charge in [-0.3, -0.25) is 4.79 Å². The fraction of sp³-hybridized carbons (Fsp3) is 0.375. The minimum absolute atomic E-state index is 0.0388. The van der Waals surface area contributed by atoms with Gasteiger partial charge in [0.1, 0.15) is 23.4 Å². The molecule has 8 heteroatoms. The maximum absolute atomic E-state index is 13.3. The monoisotopic (exact) mass is 666 g/mol. The van der Waals surface area contributed by atoms with E-state index in [0.29, 0.717) is 6.42 Å².